The minimum atomic E-state index is -0.451. The molecular weight excluding hydrogens is 348 g/mol. The molecule has 1 aromatic carbocycles. The Balaban J connectivity index is 2.00. The van der Waals surface area contributed by atoms with Gasteiger partial charge in [-0.1, -0.05) is 23.8 Å². The first kappa shape index (κ1) is 18.8. The monoisotopic (exact) mass is 372 g/mol. The fourth-order valence-corrected chi connectivity index (χ4v) is 4.25. The van der Waals surface area contributed by atoms with Crippen molar-refractivity contribution in [1.82, 2.24) is 15.8 Å². The van der Waals surface area contributed by atoms with E-state index in [4.69, 9.17) is 4.74 Å². The minimum Gasteiger partial charge on any atom is -0.465 e. The highest BCUT2D eigenvalue weighted by Gasteiger charge is 2.45. The van der Waals surface area contributed by atoms with Gasteiger partial charge in [0.2, 0.25) is 0 Å². The average molecular weight is 372 g/mol. The number of aryl methyl sites for hydroxylation is 2. The fraction of sp³-hybridized carbons (Fsp3) is 0.474. The average Bonchev–Trinajstić information content (AvgIpc) is 2.99. The number of carbonyl (C=O) groups excluding carboxylic acids is 1. The van der Waals surface area contributed by atoms with Crippen molar-refractivity contribution >= 4 is 17.7 Å². The van der Waals surface area contributed by atoms with Crippen molar-refractivity contribution in [3.05, 3.63) is 45.5 Å². The Hall–Kier alpha value is -2.01. The first-order valence-corrected chi connectivity index (χ1v) is 9.95. The molecule has 3 atom stereocenters. The SMILES string of the molecule is CCOC(=O)C1CC(c2ccc(C)cc2C)N2NC(SC)=C(C#N)C2N1. The molecule has 3 unspecified atom stereocenters. The van der Waals surface area contributed by atoms with Crippen molar-refractivity contribution in [2.75, 3.05) is 12.9 Å². The Kier molecular flexibility index (Phi) is 5.56. The van der Waals surface area contributed by atoms with E-state index in [1.54, 1.807) is 6.92 Å². The maximum absolute atomic E-state index is 12.4. The molecule has 0 aliphatic carbocycles. The Labute approximate surface area is 158 Å². The standard InChI is InChI=1S/C19H24N4O2S/c1-5-25-19(24)15-9-16(13-7-6-11(2)8-12(13)3)23-17(21-15)14(10-20)18(22-23)26-4/h6-8,15-17,21-22H,5,9H2,1-4H3. The van der Waals surface area contributed by atoms with E-state index in [0.29, 0.717) is 18.6 Å². The second kappa shape index (κ2) is 7.70. The second-order valence-electron chi connectivity index (χ2n) is 6.56. The second-order valence-corrected chi connectivity index (χ2v) is 7.38. The van der Waals surface area contributed by atoms with Crippen LogP contribution in [0.4, 0.5) is 0 Å². The molecular formula is C19H24N4O2S. The zero-order chi connectivity index (χ0) is 18.8. The summed E-state index contributed by atoms with van der Waals surface area (Å²) in [6.45, 7) is 6.30. The molecule has 2 aliphatic heterocycles. The topological polar surface area (TPSA) is 77.4 Å². The van der Waals surface area contributed by atoms with Gasteiger partial charge in [0.15, 0.2) is 0 Å². The molecule has 6 nitrogen and oxygen atoms in total. The van der Waals surface area contributed by atoms with Gasteiger partial charge in [-0.2, -0.15) is 10.3 Å². The van der Waals surface area contributed by atoms with Gasteiger partial charge >= 0.3 is 5.97 Å². The van der Waals surface area contributed by atoms with E-state index < -0.39 is 6.04 Å². The number of ether oxygens (including phenoxy) is 1. The summed E-state index contributed by atoms with van der Waals surface area (Å²) < 4.78 is 5.24. The number of carbonyl (C=O) groups is 1. The Morgan fingerprint density at radius 1 is 1.46 bits per heavy atom. The van der Waals surface area contributed by atoms with Gasteiger partial charge in [0.05, 0.1) is 23.3 Å². The molecule has 1 aromatic rings. The normalized spacial score (nSPS) is 25.4. The van der Waals surface area contributed by atoms with Crippen LogP contribution in [0.3, 0.4) is 0 Å². The van der Waals surface area contributed by atoms with Gasteiger partial charge in [0.1, 0.15) is 18.3 Å². The third-order valence-electron chi connectivity index (χ3n) is 4.86. The molecule has 0 spiro atoms. The van der Waals surface area contributed by atoms with E-state index in [1.165, 1.54) is 22.9 Å². The smallest absolute Gasteiger partial charge is 0.323 e. The van der Waals surface area contributed by atoms with Gasteiger partial charge < -0.3 is 10.2 Å². The Bertz CT molecular complexity index is 786. The molecule has 138 valence electrons. The lowest BCUT2D eigenvalue weighted by Gasteiger charge is -2.42. The predicted molar refractivity (Wildman–Crippen MR) is 102 cm³/mol. The molecule has 7 heteroatoms. The van der Waals surface area contributed by atoms with Crippen LogP contribution < -0.4 is 10.7 Å². The lowest BCUT2D eigenvalue weighted by molar-refractivity contribution is -0.148. The van der Waals surface area contributed by atoms with Crippen LogP contribution in [0.1, 0.15) is 36.1 Å². The van der Waals surface area contributed by atoms with Crippen molar-refractivity contribution in [2.24, 2.45) is 0 Å². The van der Waals surface area contributed by atoms with E-state index in [-0.39, 0.29) is 18.2 Å². The maximum Gasteiger partial charge on any atom is 0.323 e. The highest BCUT2D eigenvalue weighted by atomic mass is 32.2. The first-order valence-electron chi connectivity index (χ1n) is 8.73. The summed E-state index contributed by atoms with van der Waals surface area (Å²) in [6.07, 6.45) is 2.16. The molecule has 2 heterocycles. The molecule has 3 rings (SSSR count). The summed E-state index contributed by atoms with van der Waals surface area (Å²) in [5.41, 5.74) is 7.51. The molecule has 2 aliphatic rings. The molecule has 0 saturated carbocycles. The molecule has 0 aromatic heterocycles. The zero-order valence-electron chi connectivity index (χ0n) is 15.5. The van der Waals surface area contributed by atoms with Crippen LogP contribution in [0.25, 0.3) is 0 Å². The van der Waals surface area contributed by atoms with E-state index in [9.17, 15) is 10.1 Å². The van der Waals surface area contributed by atoms with Crippen molar-refractivity contribution in [3.8, 4) is 6.07 Å². The lowest BCUT2D eigenvalue weighted by atomic mass is 9.91. The van der Waals surface area contributed by atoms with E-state index >= 15 is 0 Å². The third-order valence-corrected chi connectivity index (χ3v) is 5.58. The largest absolute Gasteiger partial charge is 0.465 e. The summed E-state index contributed by atoms with van der Waals surface area (Å²) in [5.74, 6) is -0.267. The molecule has 0 bridgehead atoms. The quantitative estimate of drug-likeness (QED) is 0.786. The Morgan fingerprint density at radius 3 is 2.85 bits per heavy atom. The summed E-state index contributed by atoms with van der Waals surface area (Å²) >= 11 is 1.50. The van der Waals surface area contributed by atoms with Gasteiger partial charge in [-0.3, -0.25) is 10.1 Å². The number of rotatable bonds is 4. The van der Waals surface area contributed by atoms with E-state index in [0.717, 1.165) is 10.6 Å². The van der Waals surface area contributed by atoms with Crippen molar-refractivity contribution < 1.29 is 9.53 Å². The summed E-state index contributed by atoms with van der Waals surface area (Å²) in [4.78, 5) is 12.4. The number of hydrogen-bond donors (Lipinski definition) is 2. The summed E-state index contributed by atoms with van der Waals surface area (Å²) in [7, 11) is 0. The number of esters is 1. The van der Waals surface area contributed by atoms with Crippen LogP contribution in [0.2, 0.25) is 0 Å². The number of benzene rings is 1. The number of hydrazine groups is 1. The number of thioether (sulfide) groups is 1. The van der Waals surface area contributed by atoms with Crippen LogP contribution in [0, 0.1) is 25.2 Å². The number of hydrogen-bond acceptors (Lipinski definition) is 7. The molecule has 2 N–H and O–H groups in total. The van der Waals surface area contributed by atoms with Gasteiger partial charge in [0, 0.05) is 0 Å². The summed E-state index contributed by atoms with van der Waals surface area (Å²) in [6, 6.07) is 8.15. The van der Waals surface area contributed by atoms with Gasteiger partial charge in [-0.15, -0.1) is 11.8 Å². The fourth-order valence-electron chi connectivity index (χ4n) is 3.67. The molecule has 26 heavy (non-hydrogen) atoms. The Morgan fingerprint density at radius 2 is 2.23 bits per heavy atom. The zero-order valence-corrected chi connectivity index (χ0v) is 16.3. The van der Waals surface area contributed by atoms with Crippen LogP contribution in [0.5, 0.6) is 0 Å². The third kappa shape index (κ3) is 3.32. The van der Waals surface area contributed by atoms with Gasteiger partial charge in [0.25, 0.3) is 0 Å². The first-order chi connectivity index (χ1) is 12.5. The van der Waals surface area contributed by atoms with Crippen molar-refractivity contribution in [2.45, 2.75) is 45.4 Å². The molecule has 1 fully saturated rings. The van der Waals surface area contributed by atoms with E-state index in [2.05, 4.69) is 53.9 Å². The number of nitrogens with one attached hydrogen (secondary N) is 2. The van der Waals surface area contributed by atoms with Crippen LogP contribution in [0.15, 0.2) is 28.8 Å². The maximum atomic E-state index is 12.4. The van der Waals surface area contributed by atoms with Crippen LogP contribution in [-0.4, -0.2) is 36.0 Å². The van der Waals surface area contributed by atoms with Crippen molar-refractivity contribution in [3.63, 3.8) is 0 Å². The number of fused-ring (bicyclic) bond motifs is 1. The summed E-state index contributed by atoms with van der Waals surface area (Å²) in [5, 5.41) is 15.8. The predicted octanol–water partition coefficient (Wildman–Crippen LogP) is 2.51. The number of nitrogens with zero attached hydrogens (tertiary/aromatic N) is 2. The van der Waals surface area contributed by atoms with Crippen molar-refractivity contribution in [1.29, 1.82) is 5.26 Å². The van der Waals surface area contributed by atoms with Crippen LogP contribution in [-0.2, 0) is 9.53 Å². The highest BCUT2D eigenvalue weighted by Crippen LogP contribution is 2.39. The van der Waals surface area contributed by atoms with E-state index in [1.807, 2.05) is 6.26 Å². The number of nitriles is 1. The van der Waals surface area contributed by atoms with Gasteiger partial charge in [-0.25, -0.2) is 0 Å². The molecule has 0 radical (unpaired) electrons. The van der Waals surface area contributed by atoms with Gasteiger partial charge in [-0.05, 0) is 44.6 Å². The molecule has 1 saturated heterocycles. The van der Waals surface area contributed by atoms with Crippen LogP contribution >= 0.6 is 11.8 Å². The lowest BCUT2D eigenvalue weighted by Crippen LogP contribution is -2.60. The highest BCUT2D eigenvalue weighted by molar-refractivity contribution is 8.02. The minimum absolute atomic E-state index is 0.0377. The molecule has 0 amide bonds.